The van der Waals surface area contributed by atoms with Crippen molar-refractivity contribution >= 4 is 27.3 Å². The molecular formula is C14H13ClN2O2S. The van der Waals surface area contributed by atoms with Crippen LogP contribution in [0.2, 0.25) is 5.15 Å². The Bertz CT molecular complexity index is 761. The van der Waals surface area contributed by atoms with Gasteiger partial charge in [0.15, 0.2) is 0 Å². The molecule has 1 unspecified atom stereocenters. The molecule has 0 saturated heterocycles. The average molecular weight is 309 g/mol. The summed E-state index contributed by atoms with van der Waals surface area (Å²) in [6, 6.07) is 10.3. The van der Waals surface area contributed by atoms with Gasteiger partial charge in [-0.15, -0.1) is 0 Å². The zero-order chi connectivity index (χ0) is 14.3. The van der Waals surface area contributed by atoms with Crippen LogP contribution in [0.15, 0.2) is 47.5 Å². The molecule has 2 heterocycles. The molecule has 20 heavy (non-hydrogen) atoms. The number of sulfonamides is 1. The van der Waals surface area contributed by atoms with Crippen molar-refractivity contribution in [2.24, 2.45) is 0 Å². The highest BCUT2D eigenvalue weighted by Crippen LogP contribution is 2.36. The van der Waals surface area contributed by atoms with E-state index >= 15 is 0 Å². The number of nitrogens with zero attached hydrogens (tertiary/aromatic N) is 2. The van der Waals surface area contributed by atoms with Gasteiger partial charge in [-0.05, 0) is 37.1 Å². The second kappa shape index (κ2) is 4.75. The number of halogens is 1. The SMILES string of the molecule is CC1Cc2ccccc2N1S(=O)(=O)c1ccnc(Cl)c1. The Morgan fingerprint density at radius 1 is 1.30 bits per heavy atom. The lowest BCUT2D eigenvalue weighted by Gasteiger charge is -2.24. The van der Waals surface area contributed by atoms with Crippen LogP contribution in [-0.4, -0.2) is 19.4 Å². The number of pyridine rings is 1. The molecule has 0 bridgehead atoms. The first-order chi connectivity index (χ1) is 9.50. The number of benzene rings is 1. The van der Waals surface area contributed by atoms with Crippen LogP contribution in [0, 0.1) is 0 Å². The molecule has 6 heteroatoms. The maximum atomic E-state index is 12.8. The van der Waals surface area contributed by atoms with E-state index < -0.39 is 10.0 Å². The highest BCUT2D eigenvalue weighted by molar-refractivity contribution is 7.92. The summed E-state index contributed by atoms with van der Waals surface area (Å²) in [7, 11) is -3.61. The number of hydrogen-bond acceptors (Lipinski definition) is 3. The van der Waals surface area contributed by atoms with Gasteiger partial charge < -0.3 is 0 Å². The van der Waals surface area contributed by atoms with Gasteiger partial charge in [-0.25, -0.2) is 13.4 Å². The number of para-hydroxylation sites is 1. The summed E-state index contributed by atoms with van der Waals surface area (Å²) in [5, 5.41) is 0.172. The summed E-state index contributed by atoms with van der Waals surface area (Å²) >= 11 is 5.80. The minimum atomic E-state index is -3.61. The maximum absolute atomic E-state index is 12.8. The van der Waals surface area contributed by atoms with Gasteiger partial charge in [-0.2, -0.15) is 0 Å². The average Bonchev–Trinajstić information content (AvgIpc) is 2.75. The lowest BCUT2D eigenvalue weighted by atomic mass is 10.1. The summed E-state index contributed by atoms with van der Waals surface area (Å²) in [6.07, 6.45) is 2.12. The van der Waals surface area contributed by atoms with E-state index in [-0.39, 0.29) is 16.1 Å². The van der Waals surface area contributed by atoms with Crippen LogP contribution in [0.5, 0.6) is 0 Å². The van der Waals surface area contributed by atoms with Gasteiger partial charge in [-0.3, -0.25) is 4.31 Å². The number of hydrogen-bond donors (Lipinski definition) is 0. The summed E-state index contributed by atoms with van der Waals surface area (Å²) < 4.78 is 27.1. The fraction of sp³-hybridized carbons (Fsp3) is 0.214. The van der Waals surface area contributed by atoms with Crippen molar-refractivity contribution in [2.45, 2.75) is 24.3 Å². The molecule has 1 aromatic heterocycles. The van der Waals surface area contributed by atoms with Crippen molar-refractivity contribution in [3.05, 3.63) is 53.3 Å². The van der Waals surface area contributed by atoms with E-state index in [9.17, 15) is 8.42 Å². The van der Waals surface area contributed by atoms with E-state index in [0.717, 1.165) is 11.3 Å². The lowest BCUT2D eigenvalue weighted by Crippen LogP contribution is -2.35. The predicted molar refractivity (Wildman–Crippen MR) is 78.5 cm³/mol. The fourth-order valence-electron chi connectivity index (χ4n) is 2.56. The van der Waals surface area contributed by atoms with Crippen molar-refractivity contribution in [1.29, 1.82) is 0 Å². The third-order valence-corrected chi connectivity index (χ3v) is 5.53. The largest absolute Gasteiger partial charge is 0.264 e. The zero-order valence-corrected chi connectivity index (χ0v) is 12.4. The van der Waals surface area contributed by atoms with Crippen LogP contribution in [0.1, 0.15) is 12.5 Å². The van der Waals surface area contributed by atoms with Gasteiger partial charge in [0.1, 0.15) is 5.15 Å². The molecule has 2 aromatic rings. The molecular weight excluding hydrogens is 296 g/mol. The molecule has 1 atom stereocenters. The Hall–Kier alpha value is -1.59. The molecule has 0 spiro atoms. The van der Waals surface area contributed by atoms with Crippen LogP contribution in [0.3, 0.4) is 0 Å². The summed E-state index contributed by atoms with van der Waals surface area (Å²) in [5.74, 6) is 0. The number of fused-ring (bicyclic) bond motifs is 1. The van der Waals surface area contributed by atoms with Crippen LogP contribution in [-0.2, 0) is 16.4 Å². The summed E-state index contributed by atoms with van der Waals surface area (Å²) in [4.78, 5) is 3.99. The predicted octanol–water partition coefficient (Wildman–Crippen LogP) is 2.87. The molecule has 104 valence electrons. The second-order valence-corrected chi connectivity index (χ2v) is 7.00. The Morgan fingerprint density at radius 2 is 2.05 bits per heavy atom. The van der Waals surface area contributed by atoms with E-state index in [2.05, 4.69) is 4.98 Å². The molecule has 0 saturated carbocycles. The molecule has 0 amide bonds. The van der Waals surface area contributed by atoms with Crippen molar-refractivity contribution in [3.8, 4) is 0 Å². The van der Waals surface area contributed by atoms with Gasteiger partial charge >= 0.3 is 0 Å². The Balaban J connectivity index is 2.13. The minimum absolute atomic E-state index is 0.107. The van der Waals surface area contributed by atoms with Gasteiger partial charge in [0.25, 0.3) is 10.0 Å². The molecule has 1 aliphatic rings. The van der Waals surface area contributed by atoms with E-state index in [4.69, 9.17) is 11.6 Å². The van der Waals surface area contributed by atoms with Gasteiger partial charge in [0, 0.05) is 12.2 Å². The minimum Gasteiger partial charge on any atom is -0.263 e. The topological polar surface area (TPSA) is 50.3 Å². The number of aromatic nitrogens is 1. The van der Waals surface area contributed by atoms with Crippen molar-refractivity contribution in [1.82, 2.24) is 4.98 Å². The highest BCUT2D eigenvalue weighted by atomic mass is 35.5. The third-order valence-electron chi connectivity index (χ3n) is 3.40. The van der Waals surface area contributed by atoms with Crippen molar-refractivity contribution in [2.75, 3.05) is 4.31 Å². The van der Waals surface area contributed by atoms with E-state index in [1.165, 1.54) is 22.6 Å². The van der Waals surface area contributed by atoms with Crippen LogP contribution < -0.4 is 4.31 Å². The van der Waals surface area contributed by atoms with E-state index in [1.54, 1.807) is 0 Å². The summed E-state index contributed by atoms with van der Waals surface area (Å²) in [5.41, 5.74) is 1.79. The Morgan fingerprint density at radius 3 is 2.80 bits per heavy atom. The van der Waals surface area contributed by atoms with Crippen LogP contribution in [0.4, 0.5) is 5.69 Å². The van der Waals surface area contributed by atoms with Crippen molar-refractivity contribution < 1.29 is 8.42 Å². The van der Waals surface area contributed by atoms with Crippen molar-refractivity contribution in [3.63, 3.8) is 0 Å². The summed E-state index contributed by atoms with van der Waals surface area (Å²) in [6.45, 7) is 1.90. The first-order valence-electron chi connectivity index (χ1n) is 6.24. The lowest BCUT2D eigenvalue weighted by molar-refractivity contribution is 0.584. The Labute approximate surface area is 123 Å². The zero-order valence-electron chi connectivity index (χ0n) is 10.8. The normalized spacial score (nSPS) is 18.1. The van der Waals surface area contributed by atoms with Gasteiger partial charge in [0.05, 0.1) is 10.6 Å². The van der Waals surface area contributed by atoms with Gasteiger partial charge in [-0.1, -0.05) is 29.8 Å². The number of anilines is 1. The molecule has 1 aromatic carbocycles. The quantitative estimate of drug-likeness (QED) is 0.802. The van der Waals surface area contributed by atoms with E-state index in [0.29, 0.717) is 6.42 Å². The van der Waals surface area contributed by atoms with Gasteiger partial charge in [0.2, 0.25) is 0 Å². The van der Waals surface area contributed by atoms with Crippen LogP contribution in [0.25, 0.3) is 0 Å². The van der Waals surface area contributed by atoms with Crippen LogP contribution >= 0.6 is 11.6 Å². The molecule has 3 rings (SSSR count). The first kappa shape index (κ1) is 13.4. The maximum Gasteiger partial charge on any atom is 0.264 e. The standard InChI is InChI=1S/C14H13ClN2O2S/c1-10-8-11-4-2-3-5-13(11)17(10)20(18,19)12-6-7-16-14(15)9-12/h2-7,9-10H,8H2,1H3. The molecule has 0 aliphatic carbocycles. The second-order valence-electron chi connectivity index (χ2n) is 4.80. The molecule has 0 fully saturated rings. The fourth-order valence-corrected chi connectivity index (χ4v) is 4.51. The molecule has 0 radical (unpaired) electrons. The Kier molecular flexibility index (Phi) is 3.18. The third kappa shape index (κ3) is 2.07. The molecule has 0 N–H and O–H groups in total. The molecule has 4 nitrogen and oxygen atoms in total. The monoisotopic (exact) mass is 308 g/mol. The highest BCUT2D eigenvalue weighted by Gasteiger charge is 2.35. The number of rotatable bonds is 2. The molecule has 1 aliphatic heterocycles. The van der Waals surface area contributed by atoms with E-state index in [1.807, 2.05) is 31.2 Å². The smallest absolute Gasteiger partial charge is 0.263 e. The first-order valence-corrected chi connectivity index (χ1v) is 8.06.